The molecule has 2 heterocycles. The van der Waals surface area contributed by atoms with Crippen LogP contribution in [-0.4, -0.2) is 84.9 Å². The molecule has 1 N–H and O–H groups in total. The van der Waals surface area contributed by atoms with Crippen molar-refractivity contribution < 1.29 is 9.59 Å². The highest BCUT2D eigenvalue weighted by molar-refractivity contribution is 5.90. The highest BCUT2D eigenvalue weighted by Gasteiger charge is 2.48. The van der Waals surface area contributed by atoms with Crippen molar-refractivity contribution in [2.24, 2.45) is 17.3 Å². The number of carbonyl (C=O) groups is 2. The fourth-order valence-electron chi connectivity index (χ4n) is 5.66. The third-order valence-corrected chi connectivity index (χ3v) is 7.59. The molecule has 0 aromatic heterocycles. The van der Waals surface area contributed by atoms with E-state index in [9.17, 15) is 9.59 Å². The Labute approximate surface area is 183 Å². The van der Waals surface area contributed by atoms with Crippen LogP contribution < -0.4 is 5.32 Å². The predicted molar refractivity (Wildman–Crippen MR) is 121 cm³/mol. The number of nitrogens with one attached hydrogen (secondary N) is 1. The van der Waals surface area contributed by atoms with E-state index in [-0.39, 0.29) is 23.9 Å². The molecule has 6 nitrogen and oxygen atoms in total. The summed E-state index contributed by atoms with van der Waals surface area (Å²) in [6, 6.07) is 0.250. The first-order valence-electron chi connectivity index (χ1n) is 12.1. The molecule has 3 rings (SSSR count). The maximum absolute atomic E-state index is 13.6. The molecule has 172 valence electrons. The van der Waals surface area contributed by atoms with Crippen LogP contribution in [-0.2, 0) is 9.59 Å². The summed E-state index contributed by atoms with van der Waals surface area (Å²) >= 11 is 0. The summed E-state index contributed by atoms with van der Waals surface area (Å²) in [5.74, 6) is 1.14. The third kappa shape index (κ3) is 5.18. The molecule has 2 aliphatic heterocycles. The van der Waals surface area contributed by atoms with Crippen molar-refractivity contribution in [3.05, 3.63) is 0 Å². The quantitative estimate of drug-likeness (QED) is 0.688. The van der Waals surface area contributed by atoms with Crippen LogP contribution in [0, 0.1) is 17.3 Å². The highest BCUT2D eigenvalue weighted by Crippen LogP contribution is 2.50. The van der Waals surface area contributed by atoms with Gasteiger partial charge in [0.2, 0.25) is 11.8 Å². The van der Waals surface area contributed by atoms with Crippen LogP contribution in [0.5, 0.6) is 0 Å². The Bertz CT molecular complexity index is 602. The number of hydrogen-bond acceptors (Lipinski definition) is 4. The zero-order valence-corrected chi connectivity index (χ0v) is 20.1. The lowest BCUT2D eigenvalue weighted by molar-refractivity contribution is -0.152. The van der Waals surface area contributed by atoms with E-state index in [0.717, 1.165) is 45.3 Å². The number of piperidine rings is 1. The van der Waals surface area contributed by atoms with E-state index in [0.29, 0.717) is 29.8 Å². The normalized spacial score (nSPS) is 26.0. The Balaban J connectivity index is 1.64. The van der Waals surface area contributed by atoms with Gasteiger partial charge in [-0.1, -0.05) is 27.7 Å². The van der Waals surface area contributed by atoms with Crippen molar-refractivity contribution in [3.63, 3.8) is 0 Å². The lowest BCUT2D eigenvalue weighted by Crippen LogP contribution is -2.62. The van der Waals surface area contributed by atoms with Crippen LogP contribution in [0.2, 0.25) is 0 Å². The predicted octanol–water partition coefficient (Wildman–Crippen LogP) is 2.58. The van der Waals surface area contributed by atoms with E-state index in [2.05, 4.69) is 56.9 Å². The van der Waals surface area contributed by atoms with E-state index >= 15 is 0 Å². The molecule has 0 aromatic rings. The van der Waals surface area contributed by atoms with Gasteiger partial charge in [0.25, 0.3) is 0 Å². The van der Waals surface area contributed by atoms with Crippen LogP contribution in [0.25, 0.3) is 0 Å². The SMILES string of the molecule is CC(C)C[C@@H]1NCCN([C@@H](CC(C)C)C(=O)N2CCC3(CC2)CC(N(C)C)C3)C1=O. The fourth-order valence-corrected chi connectivity index (χ4v) is 5.66. The summed E-state index contributed by atoms with van der Waals surface area (Å²) in [4.78, 5) is 33.1. The summed E-state index contributed by atoms with van der Waals surface area (Å²) in [5.41, 5.74) is 0.451. The van der Waals surface area contributed by atoms with Gasteiger partial charge in [-0.2, -0.15) is 0 Å². The Hall–Kier alpha value is -1.14. The Morgan fingerprint density at radius 2 is 1.73 bits per heavy atom. The largest absolute Gasteiger partial charge is 0.341 e. The first-order chi connectivity index (χ1) is 14.1. The second kappa shape index (κ2) is 9.56. The first-order valence-corrected chi connectivity index (χ1v) is 12.1. The van der Waals surface area contributed by atoms with Gasteiger partial charge >= 0.3 is 0 Å². The summed E-state index contributed by atoms with van der Waals surface area (Å²) in [7, 11) is 4.34. The average Bonchev–Trinajstić information content (AvgIpc) is 2.65. The molecule has 3 fully saturated rings. The summed E-state index contributed by atoms with van der Waals surface area (Å²) in [6.45, 7) is 11.7. The Morgan fingerprint density at radius 1 is 1.10 bits per heavy atom. The topological polar surface area (TPSA) is 55.9 Å². The van der Waals surface area contributed by atoms with Crippen molar-refractivity contribution in [1.82, 2.24) is 20.0 Å². The standard InChI is InChI=1S/C24H44N4O2/c1-17(2)13-20-22(29)28(12-9-25-20)21(14-18(3)4)23(30)27-10-7-24(8-11-27)15-19(16-24)26(5)6/h17-21,25H,7-16H2,1-6H3/t20-,21-/m0/s1. The summed E-state index contributed by atoms with van der Waals surface area (Å²) < 4.78 is 0. The molecule has 3 aliphatic rings. The van der Waals surface area contributed by atoms with Gasteiger partial charge in [-0.05, 0) is 69.9 Å². The zero-order valence-electron chi connectivity index (χ0n) is 20.1. The number of piperazine rings is 1. The Kier molecular flexibility index (Phi) is 7.49. The van der Waals surface area contributed by atoms with Gasteiger partial charge in [0.15, 0.2) is 0 Å². The molecule has 30 heavy (non-hydrogen) atoms. The maximum Gasteiger partial charge on any atom is 0.245 e. The van der Waals surface area contributed by atoms with Gasteiger partial charge in [-0.25, -0.2) is 0 Å². The van der Waals surface area contributed by atoms with E-state index in [1.165, 1.54) is 12.8 Å². The minimum atomic E-state index is -0.306. The molecule has 6 heteroatoms. The third-order valence-electron chi connectivity index (χ3n) is 7.59. The lowest BCUT2D eigenvalue weighted by atomic mass is 9.60. The highest BCUT2D eigenvalue weighted by atomic mass is 16.2. The van der Waals surface area contributed by atoms with E-state index < -0.39 is 0 Å². The molecule has 1 spiro atoms. The van der Waals surface area contributed by atoms with Gasteiger partial charge in [0.1, 0.15) is 6.04 Å². The number of nitrogens with zero attached hydrogens (tertiary/aromatic N) is 3. The van der Waals surface area contributed by atoms with Gasteiger partial charge in [-0.15, -0.1) is 0 Å². The van der Waals surface area contributed by atoms with Crippen LogP contribution >= 0.6 is 0 Å². The Morgan fingerprint density at radius 3 is 2.27 bits per heavy atom. The van der Waals surface area contributed by atoms with Gasteiger partial charge in [0, 0.05) is 32.2 Å². The smallest absolute Gasteiger partial charge is 0.245 e. The molecule has 1 saturated carbocycles. The molecule has 2 saturated heterocycles. The second-order valence-corrected chi connectivity index (χ2v) is 11.2. The molecular weight excluding hydrogens is 376 g/mol. The average molecular weight is 421 g/mol. The molecule has 2 amide bonds. The van der Waals surface area contributed by atoms with Crippen LogP contribution in [0.15, 0.2) is 0 Å². The van der Waals surface area contributed by atoms with Crippen LogP contribution in [0.4, 0.5) is 0 Å². The lowest BCUT2D eigenvalue weighted by Gasteiger charge is -2.54. The van der Waals surface area contributed by atoms with Gasteiger partial charge in [-0.3, -0.25) is 9.59 Å². The van der Waals surface area contributed by atoms with E-state index in [1.54, 1.807) is 0 Å². The van der Waals surface area contributed by atoms with Crippen molar-refractivity contribution in [3.8, 4) is 0 Å². The van der Waals surface area contributed by atoms with E-state index in [4.69, 9.17) is 0 Å². The number of rotatable bonds is 7. The van der Waals surface area contributed by atoms with Crippen molar-refractivity contribution in [2.75, 3.05) is 40.3 Å². The van der Waals surface area contributed by atoms with Crippen molar-refractivity contribution >= 4 is 11.8 Å². The maximum atomic E-state index is 13.6. The van der Waals surface area contributed by atoms with Crippen molar-refractivity contribution in [1.29, 1.82) is 0 Å². The summed E-state index contributed by atoms with van der Waals surface area (Å²) in [5, 5.41) is 3.38. The molecule has 2 atom stereocenters. The minimum Gasteiger partial charge on any atom is -0.341 e. The van der Waals surface area contributed by atoms with Gasteiger partial charge < -0.3 is 20.0 Å². The van der Waals surface area contributed by atoms with Crippen molar-refractivity contribution in [2.45, 2.75) is 84.3 Å². The molecule has 0 unspecified atom stereocenters. The molecule has 0 aromatic carbocycles. The molecular formula is C24H44N4O2. The molecule has 0 bridgehead atoms. The van der Waals surface area contributed by atoms with Crippen LogP contribution in [0.1, 0.15) is 66.2 Å². The number of likely N-dealkylation sites (tertiary alicyclic amines) is 1. The number of amides is 2. The molecule has 1 aliphatic carbocycles. The monoisotopic (exact) mass is 420 g/mol. The summed E-state index contributed by atoms with van der Waals surface area (Å²) in [6.07, 6.45) is 6.35. The van der Waals surface area contributed by atoms with Crippen LogP contribution in [0.3, 0.4) is 0 Å². The van der Waals surface area contributed by atoms with E-state index in [1.807, 2.05) is 4.90 Å². The number of hydrogen-bond donors (Lipinski definition) is 1. The zero-order chi connectivity index (χ0) is 22.1. The minimum absolute atomic E-state index is 0.121. The molecule has 0 radical (unpaired) electrons. The fraction of sp³-hybridized carbons (Fsp3) is 0.917. The second-order valence-electron chi connectivity index (χ2n) is 11.2. The van der Waals surface area contributed by atoms with Gasteiger partial charge in [0.05, 0.1) is 6.04 Å². The first kappa shape index (κ1) is 23.5. The number of carbonyl (C=O) groups excluding carboxylic acids is 2.